The maximum atomic E-state index is 12.3. The number of hydrogen-bond acceptors (Lipinski definition) is 4. The van der Waals surface area contributed by atoms with Gasteiger partial charge in [-0.25, -0.2) is 0 Å². The number of aliphatic carboxylic acids is 1. The minimum absolute atomic E-state index is 0.0895. The van der Waals surface area contributed by atoms with E-state index in [1.165, 1.54) is 11.3 Å². The summed E-state index contributed by atoms with van der Waals surface area (Å²) in [5.74, 6) is -1.48. The number of amides is 2. The molecule has 2 amide bonds. The van der Waals surface area contributed by atoms with Crippen LogP contribution in [0.25, 0.3) is 0 Å². The maximum absolute atomic E-state index is 12.3. The molecule has 0 bridgehead atoms. The van der Waals surface area contributed by atoms with Crippen molar-refractivity contribution in [3.05, 3.63) is 57.8 Å². The molecule has 2 atom stereocenters. The highest BCUT2D eigenvalue weighted by Crippen LogP contribution is 2.25. The number of carboxylic acid groups (broad SMARTS) is 1. The highest BCUT2D eigenvalue weighted by molar-refractivity contribution is 7.12. The zero-order chi connectivity index (χ0) is 18.5. The van der Waals surface area contributed by atoms with Crippen LogP contribution >= 0.6 is 11.3 Å². The van der Waals surface area contributed by atoms with E-state index >= 15 is 0 Å². The van der Waals surface area contributed by atoms with E-state index in [-0.39, 0.29) is 23.8 Å². The summed E-state index contributed by atoms with van der Waals surface area (Å²) in [5.41, 5.74) is 1.43. The number of carbonyl (C=O) groups excluding carboxylic acids is 2. The Kier molecular flexibility index (Phi) is 5.68. The van der Waals surface area contributed by atoms with E-state index in [4.69, 9.17) is 5.11 Å². The third-order valence-corrected chi connectivity index (χ3v) is 5.40. The summed E-state index contributed by atoms with van der Waals surface area (Å²) in [6.07, 6.45) is 1.77. The summed E-state index contributed by atoms with van der Waals surface area (Å²) in [7, 11) is 0. The fourth-order valence-electron chi connectivity index (χ4n) is 3.06. The highest BCUT2D eigenvalue weighted by Gasteiger charge is 2.30. The van der Waals surface area contributed by atoms with Gasteiger partial charge in [0.25, 0.3) is 11.8 Å². The SMILES string of the molecule is O=C(N[C@@H]1CC[C@H](C(=O)O)C1)c1ccc(CNC(=O)c2cccs2)cc1. The molecule has 0 aliphatic heterocycles. The third kappa shape index (κ3) is 4.49. The van der Waals surface area contributed by atoms with Crippen molar-refractivity contribution in [2.45, 2.75) is 31.8 Å². The average Bonchev–Trinajstić information content (AvgIpc) is 3.32. The van der Waals surface area contributed by atoms with Crippen LogP contribution in [0.3, 0.4) is 0 Å². The van der Waals surface area contributed by atoms with Gasteiger partial charge in [0.15, 0.2) is 0 Å². The normalized spacial score (nSPS) is 19.1. The van der Waals surface area contributed by atoms with Crippen LogP contribution in [-0.2, 0) is 11.3 Å². The van der Waals surface area contributed by atoms with E-state index in [0.29, 0.717) is 36.2 Å². The third-order valence-electron chi connectivity index (χ3n) is 4.53. The Labute approximate surface area is 155 Å². The Balaban J connectivity index is 1.50. The quantitative estimate of drug-likeness (QED) is 0.726. The lowest BCUT2D eigenvalue weighted by atomic mass is 10.1. The minimum Gasteiger partial charge on any atom is -0.481 e. The summed E-state index contributed by atoms with van der Waals surface area (Å²) in [4.78, 5) is 35.8. The van der Waals surface area contributed by atoms with Crippen LogP contribution in [0.2, 0.25) is 0 Å². The van der Waals surface area contributed by atoms with Gasteiger partial charge in [0.1, 0.15) is 0 Å². The van der Waals surface area contributed by atoms with Gasteiger partial charge in [0.2, 0.25) is 0 Å². The molecular weight excluding hydrogens is 352 g/mol. The lowest BCUT2D eigenvalue weighted by Crippen LogP contribution is -2.33. The molecule has 136 valence electrons. The molecule has 3 rings (SSSR count). The number of benzene rings is 1. The Morgan fingerprint density at radius 1 is 1.08 bits per heavy atom. The van der Waals surface area contributed by atoms with E-state index in [2.05, 4.69) is 10.6 Å². The topological polar surface area (TPSA) is 95.5 Å². The summed E-state index contributed by atoms with van der Waals surface area (Å²) < 4.78 is 0. The second kappa shape index (κ2) is 8.14. The van der Waals surface area contributed by atoms with Crippen molar-refractivity contribution in [2.75, 3.05) is 0 Å². The molecule has 6 nitrogen and oxygen atoms in total. The van der Waals surface area contributed by atoms with Crippen molar-refractivity contribution in [3.63, 3.8) is 0 Å². The fraction of sp³-hybridized carbons (Fsp3) is 0.316. The van der Waals surface area contributed by atoms with Gasteiger partial charge in [-0.2, -0.15) is 0 Å². The van der Waals surface area contributed by atoms with Gasteiger partial charge >= 0.3 is 5.97 Å². The first kappa shape index (κ1) is 18.1. The monoisotopic (exact) mass is 372 g/mol. The second-order valence-corrected chi connectivity index (χ2v) is 7.32. The smallest absolute Gasteiger partial charge is 0.306 e. The lowest BCUT2D eigenvalue weighted by molar-refractivity contribution is -0.141. The number of nitrogens with one attached hydrogen (secondary N) is 2. The molecule has 1 fully saturated rings. The first-order valence-electron chi connectivity index (χ1n) is 8.47. The zero-order valence-corrected chi connectivity index (χ0v) is 14.9. The molecule has 0 saturated heterocycles. The average molecular weight is 372 g/mol. The molecule has 0 spiro atoms. The van der Waals surface area contributed by atoms with E-state index in [1.807, 2.05) is 11.4 Å². The number of carbonyl (C=O) groups is 3. The first-order valence-corrected chi connectivity index (χ1v) is 9.35. The Hall–Kier alpha value is -2.67. The molecule has 7 heteroatoms. The standard InChI is InChI=1S/C19H20N2O4S/c22-17(21-15-8-7-14(10-15)19(24)25)13-5-3-12(4-6-13)11-20-18(23)16-2-1-9-26-16/h1-6,9,14-15H,7-8,10-11H2,(H,20,23)(H,21,22)(H,24,25)/t14-,15+/m0/s1. The first-order chi connectivity index (χ1) is 12.5. The van der Waals surface area contributed by atoms with Gasteiger partial charge in [0.05, 0.1) is 10.8 Å². The predicted molar refractivity (Wildman–Crippen MR) is 98.2 cm³/mol. The summed E-state index contributed by atoms with van der Waals surface area (Å²) >= 11 is 1.39. The van der Waals surface area contributed by atoms with E-state index in [1.54, 1.807) is 30.3 Å². The zero-order valence-electron chi connectivity index (χ0n) is 14.1. The molecule has 1 aromatic carbocycles. The van der Waals surface area contributed by atoms with Crippen LogP contribution in [-0.4, -0.2) is 28.9 Å². The van der Waals surface area contributed by atoms with Crippen LogP contribution in [0.15, 0.2) is 41.8 Å². The van der Waals surface area contributed by atoms with Gasteiger partial charge in [0, 0.05) is 18.2 Å². The van der Waals surface area contributed by atoms with Gasteiger partial charge in [-0.05, 0) is 48.4 Å². The predicted octanol–water partition coefficient (Wildman–Crippen LogP) is 2.66. The number of hydrogen-bond donors (Lipinski definition) is 3. The molecule has 2 aromatic rings. The molecule has 0 radical (unpaired) electrons. The Morgan fingerprint density at radius 2 is 1.85 bits per heavy atom. The van der Waals surface area contributed by atoms with Crippen molar-refractivity contribution >= 4 is 29.1 Å². The van der Waals surface area contributed by atoms with Crippen molar-refractivity contribution < 1.29 is 19.5 Å². The van der Waals surface area contributed by atoms with Crippen molar-refractivity contribution in [1.29, 1.82) is 0 Å². The van der Waals surface area contributed by atoms with E-state index < -0.39 is 5.97 Å². The van der Waals surface area contributed by atoms with E-state index in [9.17, 15) is 14.4 Å². The number of carboxylic acids is 1. The van der Waals surface area contributed by atoms with Crippen LogP contribution in [0.1, 0.15) is 44.9 Å². The van der Waals surface area contributed by atoms with E-state index in [0.717, 1.165) is 5.56 Å². The second-order valence-electron chi connectivity index (χ2n) is 6.38. The van der Waals surface area contributed by atoms with Crippen LogP contribution in [0.5, 0.6) is 0 Å². The van der Waals surface area contributed by atoms with Gasteiger partial charge < -0.3 is 15.7 Å². The van der Waals surface area contributed by atoms with Gasteiger partial charge in [-0.1, -0.05) is 18.2 Å². The van der Waals surface area contributed by atoms with Crippen LogP contribution in [0.4, 0.5) is 0 Å². The van der Waals surface area contributed by atoms with Crippen LogP contribution < -0.4 is 10.6 Å². The fourth-order valence-corrected chi connectivity index (χ4v) is 3.70. The molecule has 1 aliphatic carbocycles. The van der Waals surface area contributed by atoms with Crippen molar-refractivity contribution in [1.82, 2.24) is 10.6 Å². The highest BCUT2D eigenvalue weighted by atomic mass is 32.1. The van der Waals surface area contributed by atoms with Gasteiger partial charge in [-0.3, -0.25) is 14.4 Å². The number of rotatable bonds is 6. The summed E-state index contributed by atoms with van der Waals surface area (Å²) in [6, 6.07) is 10.5. The van der Waals surface area contributed by atoms with Crippen molar-refractivity contribution in [3.8, 4) is 0 Å². The summed E-state index contributed by atoms with van der Waals surface area (Å²) in [6.45, 7) is 0.390. The van der Waals surface area contributed by atoms with Crippen molar-refractivity contribution in [2.24, 2.45) is 5.92 Å². The molecule has 3 N–H and O–H groups in total. The molecule has 1 aromatic heterocycles. The molecular formula is C19H20N2O4S. The Bertz CT molecular complexity index is 786. The minimum atomic E-state index is -0.796. The molecule has 1 saturated carbocycles. The van der Waals surface area contributed by atoms with Gasteiger partial charge in [-0.15, -0.1) is 11.3 Å². The molecule has 1 aliphatic rings. The Morgan fingerprint density at radius 3 is 2.46 bits per heavy atom. The summed E-state index contributed by atoms with van der Waals surface area (Å²) in [5, 5.41) is 16.6. The maximum Gasteiger partial charge on any atom is 0.306 e. The van der Waals surface area contributed by atoms with Crippen LogP contribution in [0, 0.1) is 5.92 Å². The number of thiophene rings is 1. The molecule has 0 unspecified atom stereocenters. The lowest BCUT2D eigenvalue weighted by Gasteiger charge is -2.13. The molecule has 1 heterocycles. The molecule has 26 heavy (non-hydrogen) atoms. The largest absolute Gasteiger partial charge is 0.481 e.